The van der Waals surface area contributed by atoms with Gasteiger partial charge < -0.3 is 14.6 Å². The summed E-state index contributed by atoms with van der Waals surface area (Å²) in [6.07, 6.45) is -0.415. The number of ether oxygens (including phenoxy) is 2. The number of fused-ring (bicyclic) bond motifs is 3. The van der Waals surface area contributed by atoms with Crippen LogP contribution in [0.5, 0.6) is 5.75 Å². The van der Waals surface area contributed by atoms with E-state index in [0.717, 1.165) is 22.2 Å². The molecule has 3 rings (SSSR count). The molecule has 1 aromatic carbocycles. The minimum atomic E-state index is -0.571. The van der Waals surface area contributed by atoms with Crippen LogP contribution >= 0.6 is 0 Å². The van der Waals surface area contributed by atoms with Crippen LogP contribution in [-0.2, 0) is 16.1 Å². The number of phenols is 1. The largest absolute Gasteiger partial charge is 0.508 e. The Morgan fingerprint density at radius 1 is 1.41 bits per heavy atom. The molecule has 2 heterocycles. The molecule has 0 spiro atoms. The molecule has 0 saturated carbocycles. The number of aromatic hydroxyl groups is 1. The van der Waals surface area contributed by atoms with Gasteiger partial charge in [-0.25, -0.2) is 9.36 Å². The second kappa shape index (κ2) is 5.02. The van der Waals surface area contributed by atoms with E-state index in [0.29, 0.717) is 13.2 Å². The second-order valence-corrected chi connectivity index (χ2v) is 6.79. The van der Waals surface area contributed by atoms with E-state index < -0.39 is 11.7 Å². The van der Waals surface area contributed by atoms with E-state index >= 15 is 0 Å². The van der Waals surface area contributed by atoms with E-state index in [1.54, 1.807) is 22.8 Å². The number of rotatable bonds is 0. The predicted molar refractivity (Wildman–Crippen MR) is 83.3 cm³/mol. The van der Waals surface area contributed by atoms with Gasteiger partial charge >= 0.3 is 6.09 Å². The van der Waals surface area contributed by atoms with Gasteiger partial charge in [0.2, 0.25) is 0 Å². The zero-order valence-electron chi connectivity index (χ0n) is 13.3. The summed E-state index contributed by atoms with van der Waals surface area (Å²) in [7, 11) is 0. The molecule has 0 fully saturated rings. The number of aromatic nitrogens is 1. The van der Waals surface area contributed by atoms with E-state index in [1.165, 1.54) is 0 Å². The van der Waals surface area contributed by atoms with Crippen LogP contribution in [0.4, 0.5) is 4.79 Å². The standard InChI is InChI=1S/C17H21NO4/c1-10-8-21-9-14-15(10)12-7-11(19)5-6-13(12)18(14)16(20)22-17(2,3)4/h5-7,10,19H,8-9H2,1-4H3. The molecular formula is C17H21NO4. The topological polar surface area (TPSA) is 60.7 Å². The van der Waals surface area contributed by atoms with E-state index in [2.05, 4.69) is 6.92 Å². The van der Waals surface area contributed by atoms with Gasteiger partial charge in [0.1, 0.15) is 11.4 Å². The molecule has 0 aliphatic carbocycles. The van der Waals surface area contributed by atoms with E-state index in [-0.39, 0.29) is 11.7 Å². The molecule has 1 aliphatic heterocycles. The summed E-state index contributed by atoms with van der Waals surface area (Å²) in [6, 6.07) is 5.04. The number of carbonyl (C=O) groups excluding carboxylic acids is 1. The highest BCUT2D eigenvalue weighted by atomic mass is 16.6. The summed E-state index contributed by atoms with van der Waals surface area (Å²) < 4.78 is 12.7. The van der Waals surface area contributed by atoms with Gasteiger partial charge in [0.15, 0.2) is 0 Å². The Morgan fingerprint density at radius 3 is 2.82 bits per heavy atom. The first-order valence-electron chi connectivity index (χ1n) is 7.45. The molecule has 1 N–H and O–H groups in total. The summed E-state index contributed by atoms with van der Waals surface area (Å²) in [6.45, 7) is 8.56. The van der Waals surface area contributed by atoms with Crippen LogP contribution in [0, 0.1) is 0 Å². The molecule has 118 valence electrons. The summed E-state index contributed by atoms with van der Waals surface area (Å²) >= 11 is 0. The molecule has 0 amide bonds. The van der Waals surface area contributed by atoms with Crippen molar-refractivity contribution in [2.45, 2.75) is 45.8 Å². The lowest BCUT2D eigenvalue weighted by atomic mass is 9.97. The van der Waals surface area contributed by atoms with Crippen LogP contribution in [-0.4, -0.2) is 28.0 Å². The van der Waals surface area contributed by atoms with E-state index in [1.807, 2.05) is 20.8 Å². The molecule has 2 aromatic rings. The molecular weight excluding hydrogens is 282 g/mol. The Labute approximate surface area is 129 Å². The average molecular weight is 303 g/mol. The van der Waals surface area contributed by atoms with Crippen LogP contribution in [0.25, 0.3) is 10.9 Å². The Balaban J connectivity index is 2.23. The minimum absolute atomic E-state index is 0.164. The summed E-state index contributed by atoms with van der Waals surface area (Å²) in [4.78, 5) is 12.6. The Morgan fingerprint density at radius 2 is 2.14 bits per heavy atom. The van der Waals surface area contributed by atoms with Gasteiger partial charge in [-0.3, -0.25) is 0 Å². The highest BCUT2D eigenvalue weighted by molar-refractivity contribution is 5.95. The SMILES string of the molecule is CC1COCc2c1c1cc(O)ccc1n2C(=O)OC(C)(C)C. The summed E-state index contributed by atoms with van der Waals surface area (Å²) in [5.41, 5.74) is 2.05. The molecule has 1 aliphatic rings. The fraction of sp³-hybridized carbons (Fsp3) is 0.471. The van der Waals surface area contributed by atoms with Crippen molar-refractivity contribution in [3.05, 3.63) is 29.5 Å². The maximum Gasteiger partial charge on any atom is 0.419 e. The average Bonchev–Trinajstić information content (AvgIpc) is 2.71. The maximum absolute atomic E-state index is 12.6. The second-order valence-electron chi connectivity index (χ2n) is 6.79. The third kappa shape index (κ3) is 2.46. The quantitative estimate of drug-likeness (QED) is 0.805. The van der Waals surface area contributed by atoms with Crippen molar-refractivity contribution in [1.82, 2.24) is 4.57 Å². The lowest BCUT2D eigenvalue weighted by Gasteiger charge is -2.23. The Hall–Kier alpha value is -2.01. The fourth-order valence-corrected chi connectivity index (χ4v) is 2.98. The number of phenolic OH excluding ortho intramolecular Hbond substituents is 1. The number of nitrogens with zero attached hydrogens (tertiary/aromatic N) is 1. The van der Waals surface area contributed by atoms with Crippen molar-refractivity contribution < 1.29 is 19.4 Å². The van der Waals surface area contributed by atoms with Gasteiger partial charge in [-0.05, 0) is 44.5 Å². The third-order valence-corrected chi connectivity index (χ3v) is 3.77. The summed E-state index contributed by atoms with van der Waals surface area (Å²) in [5, 5.41) is 10.7. The van der Waals surface area contributed by atoms with Crippen LogP contribution < -0.4 is 0 Å². The molecule has 0 radical (unpaired) electrons. The number of carbonyl (C=O) groups is 1. The van der Waals surface area contributed by atoms with Crippen LogP contribution in [0.3, 0.4) is 0 Å². The first-order chi connectivity index (χ1) is 10.3. The molecule has 22 heavy (non-hydrogen) atoms. The van der Waals surface area contributed by atoms with Crippen molar-refractivity contribution in [2.75, 3.05) is 6.61 Å². The smallest absolute Gasteiger partial charge is 0.419 e. The van der Waals surface area contributed by atoms with Gasteiger partial charge in [-0.15, -0.1) is 0 Å². The van der Waals surface area contributed by atoms with Crippen molar-refractivity contribution in [1.29, 1.82) is 0 Å². The van der Waals surface area contributed by atoms with Crippen LogP contribution in [0.1, 0.15) is 44.9 Å². The number of hydrogen-bond donors (Lipinski definition) is 1. The number of benzene rings is 1. The summed E-state index contributed by atoms with van der Waals surface area (Å²) in [5.74, 6) is 0.354. The highest BCUT2D eigenvalue weighted by Crippen LogP contribution is 2.37. The van der Waals surface area contributed by atoms with E-state index in [9.17, 15) is 9.90 Å². The number of hydrogen-bond acceptors (Lipinski definition) is 4. The zero-order valence-corrected chi connectivity index (χ0v) is 13.3. The van der Waals surface area contributed by atoms with Crippen LogP contribution in [0.15, 0.2) is 18.2 Å². The van der Waals surface area contributed by atoms with Crippen molar-refractivity contribution >= 4 is 17.0 Å². The first kappa shape index (κ1) is 14.9. The third-order valence-electron chi connectivity index (χ3n) is 3.77. The van der Waals surface area contributed by atoms with Crippen LogP contribution in [0.2, 0.25) is 0 Å². The van der Waals surface area contributed by atoms with Crippen molar-refractivity contribution in [3.8, 4) is 5.75 Å². The molecule has 1 unspecified atom stereocenters. The molecule has 1 atom stereocenters. The lowest BCUT2D eigenvalue weighted by Crippen LogP contribution is -2.29. The highest BCUT2D eigenvalue weighted by Gasteiger charge is 2.30. The van der Waals surface area contributed by atoms with Gasteiger partial charge in [-0.1, -0.05) is 6.92 Å². The monoisotopic (exact) mass is 303 g/mol. The minimum Gasteiger partial charge on any atom is -0.508 e. The molecule has 5 heteroatoms. The van der Waals surface area contributed by atoms with E-state index in [4.69, 9.17) is 9.47 Å². The molecule has 0 bridgehead atoms. The fourth-order valence-electron chi connectivity index (χ4n) is 2.98. The molecule has 5 nitrogen and oxygen atoms in total. The van der Waals surface area contributed by atoms with Gasteiger partial charge in [-0.2, -0.15) is 0 Å². The van der Waals surface area contributed by atoms with Crippen molar-refractivity contribution in [3.63, 3.8) is 0 Å². The lowest BCUT2D eigenvalue weighted by molar-refractivity contribution is 0.0499. The Bertz CT molecular complexity index is 739. The van der Waals surface area contributed by atoms with Gasteiger partial charge in [0.05, 0.1) is 24.4 Å². The molecule has 0 saturated heterocycles. The Kier molecular flexibility index (Phi) is 3.40. The van der Waals surface area contributed by atoms with Crippen molar-refractivity contribution in [2.24, 2.45) is 0 Å². The normalized spacial score (nSPS) is 18.3. The zero-order chi connectivity index (χ0) is 16.1. The predicted octanol–water partition coefficient (Wildman–Crippen LogP) is 3.76. The first-order valence-corrected chi connectivity index (χ1v) is 7.45. The molecule has 1 aromatic heterocycles. The van der Waals surface area contributed by atoms with Gasteiger partial charge in [0, 0.05) is 11.3 Å². The maximum atomic E-state index is 12.6. The van der Waals surface area contributed by atoms with Gasteiger partial charge in [0.25, 0.3) is 0 Å².